The van der Waals surface area contributed by atoms with Crippen LogP contribution in [0.5, 0.6) is 0 Å². The lowest BCUT2D eigenvalue weighted by Gasteiger charge is -2.25. The average Bonchev–Trinajstić information content (AvgIpc) is 2.41. The minimum atomic E-state index is -3.33. The van der Waals surface area contributed by atoms with Crippen LogP contribution in [0.1, 0.15) is 43.7 Å². The van der Waals surface area contributed by atoms with E-state index in [1.165, 1.54) is 0 Å². The monoisotopic (exact) mass is 296 g/mol. The van der Waals surface area contributed by atoms with Gasteiger partial charge in [-0.15, -0.1) is 0 Å². The Balaban J connectivity index is 2.29. The third-order valence-electron chi connectivity index (χ3n) is 3.86. The van der Waals surface area contributed by atoms with Crippen molar-refractivity contribution in [1.29, 1.82) is 0 Å². The Morgan fingerprint density at radius 1 is 1.35 bits per heavy atom. The quantitative estimate of drug-likeness (QED) is 0.898. The molecule has 1 aliphatic heterocycles. The summed E-state index contributed by atoms with van der Waals surface area (Å²) >= 11 is 0. The van der Waals surface area contributed by atoms with Crippen LogP contribution in [0.4, 0.5) is 5.69 Å². The average molecular weight is 296 g/mol. The van der Waals surface area contributed by atoms with Crippen molar-refractivity contribution in [2.75, 3.05) is 17.8 Å². The van der Waals surface area contributed by atoms with E-state index in [4.69, 9.17) is 0 Å². The van der Waals surface area contributed by atoms with Gasteiger partial charge in [-0.3, -0.25) is 4.72 Å². The molecule has 2 N–H and O–H groups in total. The first-order valence-corrected chi connectivity index (χ1v) is 8.78. The fourth-order valence-corrected chi connectivity index (χ4v) is 4.17. The first-order valence-electron chi connectivity index (χ1n) is 7.23. The van der Waals surface area contributed by atoms with Gasteiger partial charge in [0.05, 0.1) is 10.9 Å². The standard InChI is InChI=1S/C15H24N2O2S/c1-11(2)14-8-4-6-12(3)15(14)17-20(18,19)13-7-5-9-16-10-13/h4,6,8,11,13,16-17H,5,7,9-10H2,1-3H3. The molecule has 0 amide bonds. The van der Waals surface area contributed by atoms with Gasteiger partial charge in [0.2, 0.25) is 10.0 Å². The van der Waals surface area contributed by atoms with Gasteiger partial charge in [0, 0.05) is 6.54 Å². The van der Waals surface area contributed by atoms with Crippen molar-refractivity contribution >= 4 is 15.7 Å². The summed E-state index contributed by atoms with van der Waals surface area (Å²) in [7, 11) is -3.33. The lowest BCUT2D eigenvalue weighted by molar-refractivity contribution is 0.499. The van der Waals surface area contributed by atoms with Gasteiger partial charge < -0.3 is 5.32 Å². The number of rotatable bonds is 4. The van der Waals surface area contributed by atoms with Crippen LogP contribution in [-0.2, 0) is 10.0 Å². The predicted molar refractivity (Wildman–Crippen MR) is 83.7 cm³/mol. The molecular formula is C15H24N2O2S. The molecule has 1 aromatic rings. The van der Waals surface area contributed by atoms with Gasteiger partial charge >= 0.3 is 0 Å². The van der Waals surface area contributed by atoms with E-state index in [0.717, 1.165) is 36.2 Å². The second-order valence-electron chi connectivity index (χ2n) is 5.81. The van der Waals surface area contributed by atoms with Gasteiger partial charge in [-0.25, -0.2) is 8.42 Å². The highest BCUT2D eigenvalue weighted by atomic mass is 32.2. The van der Waals surface area contributed by atoms with E-state index < -0.39 is 10.0 Å². The Morgan fingerprint density at radius 3 is 2.70 bits per heavy atom. The van der Waals surface area contributed by atoms with Crippen LogP contribution < -0.4 is 10.0 Å². The lowest BCUT2D eigenvalue weighted by atomic mass is 9.99. The molecular weight excluding hydrogens is 272 g/mol. The summed E-state index contributed by atoms with van der Waals surface area (Å²) in [5.41, 5.74) is 2.79. The topological polar surface area (TPSA) is 58.2 Å². The molecule has 20 heavy (non-hydrogen) atoms. The maximum Gasteiger partial charge on any atom is 0.236 e. The van der Waals surface area contributed by atoms with Gasteiger partial charge in [-0.2, -0.15) is 0 Å². The number of piperidine rings is 1. The summed E-state index contributed by atoms with van der Waals surface area (Å²) in [6, 6.07) is 5.92. The molecule has 1 unspecified atom stereocenters. The Bertz CT molecular complexity index is 561. The van der Waals surface area contributed by atoms with E-state index in [1.807, 2.05) is 25.1 Å². The smallest absolute Gasteiger partial charge is 0.236 e. The molecule has 5 heteroatoms. The van der Waals surface area contributed by atoms with E-state index >= 15 is 0 Å². The normalized spacial score (nSPS) is 20.1. The van der Waals surface area contributed by atoms with Crippen molar-refractivity contribution in [2.24, 2.45) is 0 Å². The maximum absolute atomic E-state index is 12.5. The van der Waals surface area contributed by atoms with Crippen LogP contribution in [0.3, 0.4) is 0 Å². The molecule has 4 nitrogen and oxygen atoms in total. The third-order valence-corrected chi connectivity index (χ3v) is 5.63. The summed E-state index contributed by atoms with van der Waals surface area (Å²) in [6.07, 6.45) is 1.64. The number of nitrogens with one attached hydrogen (secondary N) is 2. The SMILES string of the molecule is Cc1cccc(C(C)C)c1NS(=O)(=O)C1CCCNC1. The van der Waals surface area contributed by atoms with E-state index in [-0.39, 0.29) is 11.2 Å². The van der Waals surface area contributed by atoms with Crippen LogP contribution in [-0.4, -0.2) is 26.8 Å². The van der Waals surface area contributed by atoms with Gasteiger partial charge in [0.15, 0.2) is 0 Å². The number of sulfonamides is 1. The molecule has 2 rings (SSSR count). The molecule has 1 atom stereocenters. The number of benzene rings is 1. The van der Waals surface area contributed by atoms with Crippen LogP contribution in [0.15, 0.2) is 18.2 Å². The largest absolute Gasteiger partial charge is 0.315 e. The molecule has 112 valence electrons. The summed E-state index contributed by atoms with van der Waals surface area (Å²) in [4.78, 5) is 0. The fourth-order valence-electron chi connectivity index (χ4n) is 2.62. The highest BCUT2D eigenvalue weighted by Gasteiger charge is 2.28. The number of anilines is 1. The van der Waals surface area contributed by atoms with Gasteiger partial charge in [0.1, 0.15) is 0 Å². The third kappa shape index (κ3) is 3.33. The van der Waals surface area contributed by atoms with E-state index in [0.29, 0.717) is 6.54 Å². The van der Waals surface area contributed by atoms with Gasteiger partial charge in [-0.05, 0) is 43.4 Å². The summed E-state index contributed by atoms with van der Waals surface area (Å²) in [6.45, 7) is 7.55. The molecule has 1 saturated heterocycles. The van der Waals surface area contributed by atoms with Crippen LogP contribution in [0.2, 0.25) is 0 Å². The Kier molecular flexibility index (Phi) is 4.70. The molecule has 0 aromatic heterocycles. The first kappa shape index (κ1) is 15.3. The highest BCUT2D eigenvalue weighted by Crippen LogP contribution is 2.29. The molecule has 0 radical (unpaired) electrons. The Hall–Kier alpha value is -1.07. The molecule has 1 aromatic carbocycles. The zero-order valence-corrected chi connectivity index (χ0v) is 13.3. The Labute approximate surface area is 122 Å². The highest BCUT2D eigenvalue weighted by molar-refractivity contribution is 7.93. The number of hydrogen-bond acceptors (Lipinski definition) is 3. The number of para-hydroxylation sites is 1. The fraction of sp³-hybridized carbons (Fsp3) is 0.600. The van der Waals surface area contributed by atoms with Crippen LogP contribution in [0.25, 0.3) is 0 Å². The molecule has 0 spiro atoms. The minimum Gasteiger partial charge on any atom is -0.315 e. The van der Waals surface area contributed by atoms with E-state index in [2.05, 4.69) is 23.9 Å². The van der Waals surface area contributed by atoms with E-state index in [9.17, 15) is 8.42 Å². The van der Waals surface area contributed by atoms with Crippen molar-refractivity contribution in [3.05, 3.63) is 29.3 Å². The minimum absolute atomic E-state index is 0.289. The van der Waals surface area contributed by atoms with Crippen LogP contribution in [0, 0.1) is 6.92 Å². The summed E-state index contributed by atoms with van der Waals surface area (Å²) in [5, 5.41) is 2.82. The van der Waals surface area contributed by atoms with Gasteiger partial charge in [0.25, 0.3) is 0 Å². The predicted octanol–water partition coefficient (Wildman–Crippen LogP) is 2.61. The van der Waals surface area contributed by atoms with Gasteiger partial charge in [-0.1, -0.05) is 32.0 Å². The summed E-state index contributed by atoms with van der Waals surface area (Å²) < 4.78 is 27.9. The van der Waals surface area contributed by atoms with Crippen molar-refractivity contribution in [1.82, 2.24) is 5.32 Å². The maximum atomic E-state index is 12.5. The molecule has 1 aliphatic rings. The first-order chi connectivity index (χ1) is 9.42. The van der Waals surface area contributed by atoms with Crippen molar-refractivity contribution in [2.45, 2.75) is 44.8 Å². The molecule has 0 aliphatic carbocycles. The summed E-state index contributed by atoms with van der Waals surface area (Å²) in [5.74, 6) is 0.289. The van der Waals surface area contributed by atoms with Crippen molar-refractivity contribution < 1.29 is 8.42 Å². The Morgan fingerprint density at radius 2 is 2.10 bits per heavy atom. The second-order valence-corrected chi connectivity index (χ2v) is 7.77. The lowest BCUT2D eigenvalue weighted by Crippen LogP contribution is -2.41. The number of aryl methyl sites for hydroxylation is 1. The second kappa shape index (κ2) is 6.14. The molecule has 1 heterocycles. The molecule has 0 saturated carbocycles. The molecule has 0 bridgehead atoms. The molecule has 1 fully saturated rings. The zero-order valence-electron chi connectivity index (χ0n) is 12.4. The van der Waals surface area contributed by atoms with Crippen molar-refractivity contribution in [3.8, 4) is 0 Å². The van der Waals surface area contributed by atoms with Crippen molar-refractivity contribution in [3.63, 3.8) is 0 Å². The number of hydrogen-bond donors (Lipinski definition) is 2. The van der Waals surface area contributed by atoms with Crippen LogP contribution >= 0.6 is 0 Å². The van der Waals surface area contributed by atoms with E-state index in [1.54, 1.807) is 0 Å². The zero-order chi connectivity index (χ0) is 14.8.